The van der Waals surface area contributed by atoms with Crippen LogP contribution in [0.1, 0.15) is 41.0 Å². The molecule has 0 aromatic carbocycles. The Morgan fingerprint density at radius 3 is 2.97 bits per heavy atom. The van der Waals surface area contributed by atoms with Gasteiger partial charge in [-0.2, -0.15) is 0 Å². The number of nitrogens with one attached hydrogen (secondary N) is 1. The van der Waals surface area contributed by atoms with Crippen molar-refractivity contribution in [2.45, 2.75) is 31.4 Å². The number of amides is 1. The molecule has 2 aliphatic rings. The van der Waals surface area contributed by atoms with Gasteiger partial charge in [-0.15, -0.1) is 11.3 Å². The summed E-state index contributed by atoms with van der Waals surface area (Å²) in [6, 6.07) is 0. The highest BCUT2D eigenvalue weighted by atomic mass is 32.2. The van der Waals surface area contributed by atoms with Crippen LogP contribution >= 0.6 is 23.1 Å². The molecule has 0 spiro atoms. The van der Waals surface area contributed by atoms with Crippen molar-refractivity contribution >= 4 is 40.0 Å². The Labute approximate surface area is 173 Å². The van der Waals surface area contributed by atoms with Gasteiger partial charge < -0.3 is 15.8 Å². The van der Waals surface area contributed by atoms with E-state index >= 15 is 0 Å². The predicted molar refractivity (Wildman–Crippen MR) is 106 cm³/mol. The maximum absolute atomic E-state index is 12.6. The van der Waals surface area contributed by atoms with Crippen LogP contribution in [-0.4, -0.2) is 44.5 Å². The van der Waals surface area contributed by atoms with E-state index in [-0.39, 0.29) is 17.7 Å². The first-order valence-electron chi connectivity index (χ1n) is 8.84. The third kappa shape index (κ3) is 3.96. The van der Waals surface area contributed by atoms with Crippen LogP contribution in [0.3, 0.4) is 0 Å². The number of thioether (sulfide) groups is 1. The summed E-state index contributed by atoms with van der Waals surface area (Å²) >= 11 is 2.89. The van der Waals surface area contributed by atoms with Gasteiger partial charge in [-0.1, -0.05) is 11.8 Å². The summed E-state index contributed by atoms with van der Waals surface area (Å²) in [6.45, 7) is 2.41. The molecule has 3 atom stereocenters. The van der Waals surface area contributed by atoms with E-state index in [2.05, 4.69) is 20.3 Å². The van der Waals surface area contributed by atoms with E-state index in [9.17, 15) is 13.6 Å². The van der Waals surface area contributed by atoms with Crippen molar-refractivity contribution in [2.75, 3.05) is 17.7 Å². The SMILES string of the molecule is C[C@H]1C[C@H]2CSC(N)=NC2(c2nc(NC(=O)c3cnc(C(F)F)cn3)cs2)CO1. The summed E-state index contributed by atoms with van der Waals surface area (Å²) in [6.07, 6.45) is 0.135. The van der Waals surface area contributed by atoms with Crippen LogP contribution in [0.2, 0.25) is 0 Å². The molecule has 12 heteroatoms. The Balaban J connectivity index is 1.54. The first kappa shape index (κ1) is 20.1. The van der Waals surface area contributed by atoms with Crippen LogP contribution in [0.25, 0.3) is 0 Å². The number of fused-ring (bicyclic) bond motifs is 1. The molecular formula is C17H18F2N6O2S2. The lowest BCUT2D eigenvalue weighted by atomic mass is 9.80. The molecule has 0 saturated carbocycles. The number of rotatable bonds is 4. The largest absolute Gasteiger partial charge is 0.379 e. The number of ether oxygens (including phenoxy) is 1. The first-order valence-corrected chi connectivity index (χ1v) is 10.7. The van der Waals surface area contributed by atoms with Gasteiger partial charge in [0, 0.05) is 17.1 Å². The second kappa shape index (κ2) is 7.92. The number of alkyl halides is 2. The predicted octanol–water partition coefficient (Wildman–Crippen LogP) is 2.80. The molecule has 1 unspecified atom stereocenters. The van der Waals surface area contributed by atoms with E-state index < -0.39 is 23.6 Å². The molecule has 0 radical (unpaired) electrons. The first-order chi connectivity index (χ1) is 13.9. The Hall–Kier alpha value is -2.18. The van der Waals surface area contributed by atoms with Gasteiger partial charge in [0.25, 0.3) is 12.3 Å². The smallest absolute Gasteiger partial charge is 0.281 e. The lowest BCUT2D eigenvalue weighted by molar-refractivity contribution is -0.0466. The summed E-state index contributed by atoms with van der Waals surface area (Å²) in [7, 11) is 0. The molecular weight excluding hydrogens is 422 g/mol. The van der Waals surface area contributed by atoms with Crippen LogP contribution in [0.4, 0.5) is 14.6 Å². The number of aromatic nitrogens is 3. The maximum atomic E-state index is 12.6. The average molecular weight is 441 g/mol. The highest BCUT2D eigenvalue weighted by Gasteiger charge is 2.49. The Bertz CT molecular complexity index is 938. The quantitative estimate of drug-likeness (QED) is 0.751. The Morgan fingerprint density at radius 2 is 2.24 bits per heavy atom. The van der Waals surface area contributed by atoms with Crippen LogP contribution in [0.15, 0.2) is 22.8 Å². The molecule has 0 bridgehead atoms. The van der Waals surface area contributed by atoms with Gasteiger partial charge in [-0.05, 0) is 13.3 Å². The minimum atomic E-state index is -2.74. The second-order valence-electron chi connectivity index (χ2n) is 6.86. The van der Waals surface area contributed by atoms with Crippen molar-refractivity contribution in [3.63, 3.8) is 0 Å². The number of nitrogens with two attached hydrogens (primary N) is 1. The van der Waals surface area contributed by atoms with E-state index in [1.165, 1.54) is 23.1 Å². The molecule has 4 heterocycles. The molecule has 4 rings (SSSR count). The van der Waals surface area contributed by atoms with E-state index in [4.69, 9.17) is 15.5 Å². The topological polar surface area (TPSA) is 115 Å². The minimum absolute atomic E-state index is 0.0776. The van der Waals surface area contributed by atoms with Crippen LogP contribution in [0.5, 0.6) is 0 Å². The second-order valence-corrected chi connectivity index (χ2v) is 8.76. The standard InChI is InChI=1S/C17H18F2N6O2S2/c1-8-2-9-5-29-16(20)25-17(9,7-27-8)15-24-12(6-28-15)23-14(26)11-4-21-10(3-22-11)13(18)19/h3-4,6,8-9,13H,2,5,7H2,1H3,(H2,20,25)(H,23,26)/t8-,9-,17?/m0/s1. The number of hydrogen-bond donors (Lipinski definition) is 2. The number of aliphatic imine (C=N–C) groups is 1. The number of nitrogens with zero attached hydrogens (tertiary/aromatic N) is 4. The minimum Gasteiger partial charge on any atom is -0.379 e. The number of halogens is 2. The van der Waals surface area contributed by atoms with E-state index in [0.29, 0.717) is 22.6 Å². The van der Waals surface area contributed by atoms with Gasteiger partial charge in [-0.25, -0.2) is 23.7 Å². The zero-order valence-electron chi connectivity index (χ0n) is 15.3. The molecule has 29 heavy (non-hydrogen) atoms. The van der Waals surface area contributed by atoms with Gasteiger partial charge in [0.2, 0.25) is 0 Å². The van der Waals surface area contributed by atoms with E-state index in [0.717, 1.165) is 24.6 Å². The number of amidine groups is 1. The molecule has 1 amide bonds. The lowest BCUT2D eigenvalue weighted by Crippen LogP contribution is -2.49. The monoisotopic (exact) mass is 440 g/mol. The van der Waals surface area contributed by atoms with Crippen LogP contribution in [0, 0.1) is 5.92 Å². The third-order valence-electron chi connectivity index (χ3n) is 4.87. The summed E-state index contributed by atoms with van der Waals surface area (Å²) in [5, 5.41) is 5.53. The Morgan fingerprint density at radius 1 is 1.41 bits per heavy atom. The molecule has 2 aliphatic heterocycles. The van der Waals surface area contributed by atoms with Gasteiger partial charge >= 0.3 is 0 Å². The number of carbonyl (C=O) groups excluding carboxylic acids is 1. The zero-order valence-corrected chi connectivity index (χ0v) is 17.0. The van der Waals surface area contributed by atoms with Crippen molar-refractivity contribution in [1.82, 2.24) is 15.0 Å². The average Bonchev–Trinajstić information content (AvgIpc) is 3.17. The normalized spacial score (nSPS) is 26.7. The lowest BCUT2D eigenvalue weighted by Gasteiger charge is -2.44. The summed E-state index contributed by atoms with van der Waals surface area (Å²) in [5.74, 6) is 0.801. The van der Waals surface area contributed by atoms with Crippen molar-refractivity contribution < 1.29 is 18.3 Å². The fourth-order valence-electron chi connectivity index (χ4n) is 3.36. The Kier molecular flexibility index (Phi) is 5.49. The number of thiazole rings is 1. The zero-order chi connectivity index (χ0) is 20.6. The van der Waals surface area contributed by atoms with Crippen molar-refractivity contribution in [3.05, 3.63) is 34.2 Å². The number of carbonyl (C=O) groups is 1. The molecule has 1 saturated heterocycles. The molecule has 2 aromatic rings. The highest BCUT2D eigenvalue weighted by Crippen LogP contribution is 2.47. The molecule has 0 aliphatic carbocycles. The molecule has 2 aromatic heterocycles. The summed E-state index contributed by atoms with van der Waals surface area (Å²) in [4.78, 5) is 28.9. The highest BCUT2D eigenvalue weighted by molar-refractivity contribution is 8.13. The van der Waals surface area contributed by atoms with Crippen molar-refractivity contribution in [1.29, 1.82) is 0 Å². The van der Waals surface area contributed by atoms with E-state index in [1.807, 2.05) is 6.92 Å². The van der Waals surface area contributed by atoms with Crippen LogP contribution < -0.4 is 11.1 Å². The van der Waals surface area contributed by atoms with Gasteiger partial charge in [0.15, 0.2) is 5.17 Å². The fourth-order valence-corrected chi connectivity index (χ4v) is 5.33. The van der Waals surface area contributed by atoms with Crippen LogP contribution in [-0.2, 0) is 10.3 Å². The van der Waals surface area contributed by atoms with Gasteiger partial charge in [0.1, 0.15) is 27.8 Å². The summed E-state index contributed by atoms with van der Waals surface area (Å²) in [5.41, 5.74) is 4.77. The third-order valence-corrected chi connectivity index (χ3v) is 6.83. The molecule has 1 fully saturated rings. The number of hydrogen-bond acceptors (Lipinski definition) is 9. The van der Waals surface area contributed by atoms with Crippen molar-refractivity contribution in [2.24, 2.45) is 16.6 Å². The van der Waals surface area contributed by atoms with Gasteiger partial charge in [-0.3, -0.25) is 9.78 Å². The molecule has 3 N–H and O–H groups in total. The fraction of sp³-hybridized carbons (Fsp3) is 0.471. The summed E-state index contributed by atoms with van der Waals surface area (Å²) < 4.78 is 31.0. The molecule has 154 valence electrons. The van der Waals surface area contributed by atoms with Gasteiger partial charge in [0.05, 0.1) is 25.1 Å². The van der Waals surface area contributed by atoms with E-state index in [1.54, 1.807) is 5.38 Å². The molecule has 8 nitrogen and oxygen atoms in total. The number of anilines is 1. The maximum Gasteiger partial charge on any atom is 0.281 e. The van der Waals surface area contributed by atoms with Crippen molar-refractivity contribution in [3.8, 4) is 0 Å².